The lowest BCUT2D eigenvalue weighted by atomic mass is 10.0. The summed E-state index contributed by atoms with van der Waals surface area (Å²) in [6.07, 6.45) is 2.28. The number of aryl methyl sites for hydroxylation is 4. The molecule has 0 aliphatic rings. The summed E-state index contributed by atoms with van der Waals surface area (Å²) in [4.78, 5) is 13.2. The van der Waals surface area contributed by atoms with Crippen LogP contribution < -0.4 is 9.62 Å². The fourth-order valence-corrected chi connectivity index (χ4v) is 4.74. The topological polar surface area (TPSA) is 66.5 Å². The summed E-state index contributed by atoms with van der Waals surface area (Å²) in [6.45, 7) is 9.62. The molecule has 0 spiro atoms. The summed E-state index contributed by atoms with van der Waals surface area (Å²) in [5, 5.41) is 2.99. The summed E-state index contributed by atoms with van der Waals surface area (Å²) < 4.78 is 26.5. The van der Waals surface area contributed by atoms with Crippen LogP contribution in [0.5, 0.6) is 0 Å². The Kier molecular flexibility index (Phi) is 6.88. The number of carbonyl (C=O) groups excluding carboxylic acids is 1. The average molecular weight is 403 g/mol. The molecule has 6 heteroatoms. The van der Waals surface area contributed by atoms with Gasteiger partial charge in [-0.1, -0.05) is 38.1 Å². The third kappa shape index (κ3) is 4.93. The van der Waals surface area contributed by atoms with Crippen LogP contribution in [-0.2, 0) is 21.2 Å². The van der Waals surface area contributed by atoms with Crippen molar-refractivity contribution in [2.24, 2.45) is 0 Å². The molecule has 0 saturated carbocycles. The number of benzene rings is 2. The SMILES string of the molecule is CCc1cccc(C)c1NC(=O)C(CC)N(c1cc(C)cc(C)c1)S(C)(=O)=O. The van der Waals surface area contributed by atoms with Crippen molar-refractivity contribution in [2.75, 3.05) is 15.9 Å². The zero-order valence-corrected chi connectivity index (χ0v) is 18.4. The maximum atomic E-state index is 13.2. The van der Waals surface area contributed by atoms with E-state index in [-0.39, 0.29) is 5.91 Å². The quantitative estimate of drug-likeness (QED) is 0.748. The summed E-state index contributed by atoms with van der Waals surface area (Å²) in [6, 6.07) is 10.6. The fourth-order valence-electron chi connectivity index (χ4n) is 3.55. The molecule has 0 aliphatic heterocycles. The smallest absolute Gasteiger partial charge is 0.248 e. The van der Waals surface area contributed by atoms with Crippen LogP contribution in [0.3, 0.4) is 0 Å². The number of carbonyl (C=O) groups is 1. The predicted octanol–water partition coefficient (Wildman–Crippen LogP) is 4.36. The Morgan fingerprint density at radius 3 is 2.18 bits per heavy atom. The summed E-state index contributed by atoms with van der Waals surface area (Å²) in [5.74, 6) is -0.323. The molecule has 1 N–H and O–H groups in total. The highest BCUT2D eigenvalue weighted by Gasteiger charge is 2.32. The van der Waals surface area contributed by atoms with Gasteiger partial charge in [0.15, 0.2) is 0 Å². The first-order valence-corrected chi connectivity index (χ1v) is 11.4. The van der Waals surface area contributed by atoms with Crippen LogP contribution in [0.1, 0.15) is 42.5 Å². The van der Waals surface area contributed by atoms with Crippen LogP contribution >= 0.6 is 0 Å². The van der Waals surface area contributed by atoms with Gasteiger partial charge in [-0.3, -0.25) is 9.10 Å². The highest BCUT2D eigenvalue weighted by atomic mass is 32.2. The second kappa shape index (κ2) is 8.78. The van der Waals surface area contributed by atoms with E-state index in [1.165, 1.54) is 4.31 Å². The normalized spacial score (nSPS) is 12.5. The molecule has 152 valence electrons. The first kappa shape index (κ1) is 22.0. The second-order valence-corrected chi connectivity index (χ2v) is 9.14. The van der Waals surface area contributed by atoms with Crippen molar-refractivity contribution in [3.63, 3.8) is 0 Å². The standard InChI is InChI=1S/C22H30N2O3S/c1-7-18-11-9-10-17(5)21(18)23-22(25)20(8-2)24(28(6,26)27)19-13-15(3)12-16(4)14-19/h9-14,20H,7-8H2,1-6H3,(H,23,25). The zero-order chi connectivity index (χ0) is 21.1. The number of hydrogen-bond donors (Lipinski definition) is 1. The minimum Gasteiger partial charge on any atom is -0.324 e. The van der Waals surface area contributed by atoms with Crippen LogP contribution in [-0.4, -0.2) is 26.6 Å². The highest BCUT2D eigenvalue weighted by molar-refractivity contribution is 7.92. The Bertz CT molecular complexity index is 947. The molecule has 0 radical (unpaired) electrons. The molecule has 2 aromatic rings. The van der Waals surface area contributed by atoms with Gasteiger partial charge in [0.2, 0.25) is 15.9 Å². The Hall–Kier alpha value is -2.34. The van der Waals surface area contributed by atoms with Gasteiger partial charge in [-0.2, -0.15) is 0 Å². The molecule has 0 fully saturated rings. The molecule has 5 nitrogen and oxygen atoms in total. The molecule has 0 bridgehead atoms. The third-order valence-electron chi connectivity index (χ3n) is 4.78. The fraction of sp³-hybridized carbons (Fsp3) is 0.409. The first-order chi connectivity index (χ1) is 13.1. The molecular weight excluding hydrogens is 372 g/mol. The maximum Gasteiger partial charge on any atom is 0.248 e. The van der Waals surface area contributed by atoms with Gasteiger partial charge in [0.25, 0.3) is 0 Å². The lowest BCUT2D eigenvalue weighted by Crippen LogP contribution is -2.47. The van der Waals surface area contributed by atoms with Gasteiger partial charge in [-0.15, -0.1) is 0 Å². The van der Waals surface area contributed by atoms with Crippen molar-refractivity contribution in [3.8, 4) is 0 Å². The largest absolute Gasteiger partial charge is 0.324 e. The molecule has 28 heavy (non-hydrogen) atoms. The van der Waals surface area contributed by atoms with E-state index < -0.39 is 16.1 Å². The Morgan fingerprint density at radius 1 is 1.07 bits per heavy atom. The number of anilines is 2. The van der Waals surface area contributed by atoms with Gasteiger partial charge in [-0.05, 0) is 68.0 Å². The van der Waals surface area contributed by atoms with Crippen molar-refractivity contribution < 1.29 is 13.2 Å². The lowest BCUT2D eigenvalue weighted by Gasteiger charge is -2.31. The van der Waals surface area contributed by atoms with E-state index in [1.54, 1.807) is 12.1 Å². The minimum atomic E-state index is -3.65. The Labute approximate surface area is 168 Å². The number of sulfonamides is 1. The van der Waals surface area contributed by atoms with Gasteiger partial charge < -0.3 is 5.32 Å². The van der Waals surface area contributed by atoms with Gasteiger partial charge in [0.1, 0.15) is 6.04 Å². The molecule has 1 amide bonds. The average Bonchev–Trinajstić information content (AvgIpc) is 2.58. The van der Waals surface area contributed by atoms with E-state index in [1.807, 2.05) is 58.9 Å². The van der Waals surface area contributed by atoms with E-state index in [0.717, 1.165) is 40.6 Å². The van der Waals surface area contributed by atoms with Gasteiger partial charge >= 0.3 is 0 Å². The first-order valence-electron chi connectivity index (χ1n) is 9.55. The van der Waals surface area contributed by atoms with E-state index in [2.05, 4.69) is 5.32 Å². The predicted molar refractivity (Wildman–Crippen MR) is 117 cm³/mol. The van der Waals surface area contributed by atoms with Crippen molar-refractivity contribution in [1.82, 2.24) is 0 Å². The van der Waals surface area contributed by atoms with Crippen LogP contribution in [0.25, 0.3) is 0 Å². The lowest BCUT2D eigenvalue weighted by molar-refractivity contribution is -0.117. The minimum absolute atomic E-state index is 0.323. The van der Waals surface area contributed by atoms with Crippen LogP contribution in [0, 0.1) is 20.8 Å². The number of para-hydroxylation sites is 1. The Balaban J connectivity index is 2.48. The van der Waals surface area contributed by atoms with E-state index in [9.17, 15) is 13.2 Å². The molecule has 1 atom stereocenters. The number of rotatable bonds is 7. The second-order valence-electron chi connectivity index (χ2n) is 7.28. The Morgan fingerprint density at radius 2 is 1.68 bits per heavy atom. The van der Waals surface area contributed by atoms with E-state index in [0.29, 0.717) is 12.1 Å². The van der Waals surface area contributed by atoms with Crippen LogP contribution in [0.2, 0.25) is 0 Å². The summed E-state index contributed by atoms with van der Waals surface area (Å²) in [7, 11) is -3.65. The maximum absolute atomic E-state index is 13.2. The van der Waals surface area contributed by atoms with E-state index in [4.69, 9.17) is 0 Å². The van der Waals surface area contributed by atoms with Crippen molar-refractivity contribution in [2.45, 2.75) is 53.5 Å². The van der Waals surface area contributed by atoms with E-state index >= 15 is 0 Å². The highest BCUT2D eigenvalue weighted by Crippen LogP contribution is 2.27. The molecule has 2 aromatic carbocycles. The molecule has 0 aliphatic carbocycles. The number of nitrogens with one attached hydrogen (secondary N) is 1. The van der Waals surface area contributed by atoms with Crippen molar-refractivity contribution in [1.29, 1.82) is 0 Å². The summed E-state index contributed by atoms with van der Waals surface area (Å²) >= 11 is 0. The molecule has 0 saturated heterocycles. The van der Waals surface area contributed by atoms with Crippen LogP contribution in [0.15, 0.2) is 36.4 Å². The van der Waals surface area contributed by atoms with Crippen molar-refractivity contribution >= 4 is 27.3 Å². The summed E-state index contributed by atoms with van der Waals surface area (Å²) in [5.41, 5.74) is 5.17. The van der Waals surface area contributed by atoms with Crippen LogP contribution in [0.4, 0.5) is 11.4 Å². The number of hydrogen-bond acceptors (Lipinski definition) is 3. The molecule has 0 aromatic heterocycles. The van der Waals surface area contributed by atoms with Gasteiger partial charge in [-0.25, -0.2) is 8.42 Å². The van der Waals surface area contributed by atoms with Gasteiger partial charge in [0.05, 0.1) is 11.9 Å². The monoisotopic (exact) mass is 402 g/mol. The van der Waals surface area contributed by atoms with Crippen molar-refractivity contribution in [3.05, 3.63) is 58.7 Å². The van der Waals surface area contributed by atoms with Gasteiger partial charge in [0, 0.05) is 5.69 Å². The molecular formula is C22H30N2O3S. The molecule has 2 rings (SSSR count). The number of nitrogens with zero attached hydrogens (tertiary/aromatic N) is 1. The third-order valence-corrected chi connectivity index (χ3v) is 5.96. The zero-order valence-electron chi connectivity index (χ0n) is 17.5. The molecule has 0 heterocycles. The molecule has 1 unspecified atom stereocenters. The number of amides is 1.